The summed E-state index contributed by atoms with van der Waals surface area (Å²) >= 11 is 12.2. The number of Topliss-reactive ketones (excluding diaryl/α,β-unsaturated/α-hetero) is 1. The van der Waals surface area contributed by atoms with Gasteiger partial charge in [-0.3, -0.25) is 14.8 Å². The molecule has 0 spiro atoms. The topological polar surface area (TPSA) is 61.3 Å². The highest BCUT2D eigenvalue weighted by molar-refractivity contribution is 6.36. The summed E-state index contributed by atoms with van der Waals surface area (Å²) in [5.74, 6) is 0.932. The summed E-state index contributed by atoms with van der Waals surface area (Å²) in [7, 11) is 1.56. The molecule has 3 rings (SSSR count). The largest absolute Gasteiger partial charge is 0.493 e. The van der Waals surface area contributed by atoms with E-state index < -0.39 is 0 Å². The Hall–Kier alpha value is -2.63. The first kappa shape index (κ1) is 20.1. The minimum atomic E-state index is -0.130. The Morgan fingerprint density at radius 2 is 1.82 bits per heavy atom. The number of carbonyl (C=O) groups excluding carboxylic acids is 1. The molecule has 28 heavy (non-hydrogen) atoms. The van der Waals surface area contributed by atoms with Crippen molar-refractivity contribution in [2.45, 2.75) is 12.8 Å². The smallest absolute Gasteiger partial charge is 0.167 e. The van der Waals surface area contributed by atoms with Crippen molar-refractivity contribution in [2.75, 3.05) is 13.7 Å². The molecule has 0 bridgehead atoms. The van der Waals surface area contributed by atoms with E-state index in [2.05, 4.69) is 9.97 Å². The van der Waals surface area contributed by atoms with Crippen LogP contribution in [0.25, 0.3) is 0 Å². The van der Waals surface area contributed by atoms with Crippen LogP contribution < -0.4 is 9.47 Å². The van der Waals surface area contributed by atoms with Crippen molar-refractivity contribution in [3.63, 3.8) is 0 Å². The monoisotopic (exact) mass is 416 g/mol. The van der Waals surface area contributed by atoms with Crippen molar-refractivity contribution in [3.05, 3.63) is 81.9 Å². The third-order valence-electron chi connectivity index (χ3n) is 4.15. The fraction of sp³-hybridized carbons (Fsp3) is 0.190. The number of halogens is 2. The fourth-order valence-corrected chi connectivity index (χ4v) is 3.16. The minimum absolute atomic E-state index is 0.0711. The van der Waals surface area contributed by atoms with Gasteiger partial charge in [-0.1, -0.05) is 29.3 Å². The van der Waals surface area contributed by atoms with Crippen molar-refractivity contribution >= 4 is 29.0 Å². The Balaban J connectivity index is 1.73. The lowest BCUT2D eigenvalue weighted by atomic mass is 10.0. The van der Waals surface area contributed by atoms with E-state index in [-0.39, 0.29) is 12.2 Å². The number of rotatable bonds is 8. The predicted octanol–water partition coefficient (Wildman–Crippen LogP) is 4.84. The van der Waals surface area contributed by atoms with Gasteiger partial charge in [0, 0.05) is 48.8 Å². The first-order valence-electron chi connectivity index (χ1n) is 8.59. The molecule has 0 saturated carbocycles. The maximum atomic E-state index is 12.7. The molecule has 0 N–H and O–H groups in total. The van der Waals surface area contributed by atoms with Crippen LogP contribution in [0.1, 0.15) is 21.5 Å². The molecule has 0 amide bonds. The normalized spacial score (nSPS) is 10.5. The van der Waals surface area contributed by atoms with E-state index in [0.717, 1.165) is 5.56 Å². The van der Waals surface area contributed by atoms with Gasteiger partial charge in [0.25, 0.3) is 0 Å². The summed E-state index contributed by atoms with van der Waals surface area (Å²) in [6, 6.07) is 8.94. The van der Waals surface area contributed by atoms with Crippen molar-refractivity contribution in [1.29, 1.82) is 0 Å². The van der Waals surface area contributed by atoms with Crippen LogP contribution in [0.5, 0.6) is 11.5 Å². The van der Waals surface area contributed by atoms with Crippen molar-refractivity contribution in [1.82, 2.24) is 9.97 Å². The van der Waals surface area contributed by atoms with E-state index in [0.29, 0.717) is 45.7 Å². The van der Waals surface area contributed by atoms with Crippen LogP contribution in [0.2, 0.25) is 10.0 Å². The molecule has 7 heteroatoms. The summed E-state index contributed by atoms with van der Waals surface area (Å²) < 4.78 is 11.2. The van der Waals surface area contributed by atoms with Crippen LogP contribution in [0.3, 0.4) is 0 Å². The van der Waals surface area contributed by atoms with Gasteiger partial charge in [0.1, 0.15) is 0 Å². The number of carbonyl (C=O) groups is 1. The number of methoxy groups -OCH3 is 1. The van der Waals surface area contributed by atoms with Gasteiger partial charge in [-0.05, 0) is 29.8 Å². The number of nitrogens with zero attached hydrogens (tertiary/aromatic N) is 2. The molecule has 2 aromatic heterocycles. The van der Waals surface area contributed by atoms with E-state index in [4.69, 9.17) is 32.7 Å². The molecule has 0 aliphatic heterocycles. The summed E-state index contributed by atoms with van der Waals surface area (Å²) in [6.45, 7) is 0.432. The zero-order chi connectivity index (χ0) is 19.9. The van der Waals surface area contributed by atoms with E-state index in [1.807, 2.05) is 12.1 Å². The van der Waals surface area contributed by atoms with Gasteiger partial charge in [0.2, 0.25) is 0 Å². The highest BCUT2D eigenvalue weighted by atomic mass is 35.5. The Labute approximate surface area is 173 Å². The average Bonchev–Trinajstić information content (AvgIpc) is 2.71. The SMILES string of the molecule is COc1ccc(C(=O)Cc2c(Cl)cncc2Cl)cc1OCCc1cccnc1. The Morgan fingerprint density at radius 3 is 2.50 bits per heavy atom. The van der Waals surface area contributed by atoms with Crippen LogP contribution in [0, 0.1) is 0 Å². The fourth-order valence-electron chi connectivity index (χ4n) is 2.66. The maximum Gasteiger partial charge on any atom is 0.167 e. The Bertz CT molecular complexity index is 945. The molecule has 0 aliphatic carbocycles. The highest BCUT2D eigenvalue weighted by Crippen LogP contribution is 2.30. The maximum absolute atomic E-state index is 12.7. The van der Waals surface area contributed by atoms with Gasteiger partial charge in [-0.15, -0.1) is 0 Å². The second-order valence-corrected chi connectivity index (χ2v) is 6.82. The van der Waals surface area contributed by atoms with Gasteiger partial charge in [0.15, 0.2) is 17.3 Å². The molecule has 1 aromatic carbocycles. The molecule has 0 fully saturated rings. The first-order chi connectivity index (χ1) is 13.6. The second-order valence-electron chi connectivity index (χ2n) is 6.01. The van der Waals surface area contributed by atoms with E-state index in [1.165, 1.54) is 12.4 Å². The number of pyridine rings is 2. The quantitative estimate of drug-likeness (QED) is 0.491. The van der Waals surface area contributed by atoms with Crippen LogP contribution in [0.4, 0.5) is 0 Å². The molecule has 0 saturated heterocycles. The van der Waals surface area contributed by atoms with Crippen LogP contribution >= 0.6 is 23.2 Å². The number of benzene rings is 1. The van der Waals surface area contributed by atoms with Crippen molar-refractivity contribution in [2.24, 2.45) is 0 Å². The summed E-state index contributed by atoms with van der Waals surface area (Å²) in [5, 5.41) is 0.726. The molecule has 2 heterocycles. The zero-order valence-corrected chi connectivity index (χ0v) is 16.7. The lowest BCUT2D eigenvalue weighted by Crippen LogP contribution is -2.07. The van der Waals surface area contributed by atoms with Gasteiger partial charge < -0.3 is 9.47 Å². The second kappa shape index (κ2) is 9.53. The van der Waals surface area contributed by atoms with E-state index in [9.17, 15) is 4.79 Å². The predicted molar refractivity (Wildman–Crippen MR) is 109 cm³/mol. The van der Waals surface area contributed by atoms with E-state index >= 15 is 0 Å². The lowest BCUT2D eigenvalue weighted by molar-refractivity contribution is 0.0992. The standard InChI is InChI=1S/C21H18Cl2N2O3/c1-27-20-5-4-15(19(26)10-16-17(22)12-25-13-18(16)23)9-21(20)28-8-6-14-3-2-7-24-11-14/h2-5,7,9,11-13H,6,8,10H2,1H3. The molecule has 0 atom stereocenters. The van der Waals surface area contributed by atoms with Gasteiger partial charge >= 0.3 is 0 Å². The molecule has 5 nitrogen and oxygen atoms in total. The molecular weight excluding hydrogens is 399 g/mol. The summed E-state index contributed by atoms with van der Waals surface area (Å²) in [4.78, 5) is 20.7. The summed E-state index contributed by atoms with van der Waals surface area (Å²) in [5.41, 5.74) is 2.11. The third kappa shape index (κ3) is 5.00. The van der Waals surface area contributed by atoms with Crippen LogP contribution in [-0.4, -0.2) is 29.5 Å². The Kier molecular flexibility index (Phi) is 6.85. The van der Waals surface area contributed by atoms with Crippen molar-refractivity contribution < 1.29 is 14.3 Å². The Morgan fingerprint density at radius 1 is 1.04 bits per heavy atom. The number of hydrogen-bond acceptors (Lipinski definition) is 5. The first-order valence-corrected chi connectivity index (χ1v) is 9.35. The van der Waals surface area contributed by atoms with Crippen molar-refractivity contribution in [3.8, 4) is 11.5 Å². The van der Waals surface area contributed by atoms with Crippen LogP contribution in [-0.2, 0) is 12.8 Å². The zero-order valence-electron chi connectivity index (χ0n) is 15.2. The molecule has 144 valence electrons. The van der Waals surface area contributed by atoms with Gasteiger partial charge in [-0.2, -0.15) is 0 Å². The average molecular weight is 417 g/mol. The van der Waals surface area contributed by atoms with Crippen LogP contribution in [0.15, 0.2) is 55.1 Å². The molecular formula is C21H18Cl2N2O3. The minimum Gasteiger partial charge on any atom is -0.493 e. The van der Waals surface area contributed by atoms with E-state index in [1.54, 1.807) is 37.7 Å². The molecule has 3 aromatic rings. The van der Waals surface area contributed by atoms with Gasteiger partial charge in [-0.25, -0.2) is 0 Å². The number of ether oxygens (including phenoxy) is 2. The molecule has 0 aliphatic rings. The third-order valence-corrected chi connectivity index (χ3v) is 4.80. The van der Waals surface area contributed by atoms with Gasteiger partial charge in [0.05, 0.1) is 23.8 Å². The molecule has 0 radical (unpaired) electrons. The summed E-state index contributed by atoms with van der Waals surface area (Å²) in [6.07, 6.45) is 7.22. The number of ketones is 1. The lowest BCUT2D eigenvalue weighted by Gasteiger charge is -2.12. The molecule has 0 unspecified atom stereocenters. The highest BCUT2D eigenvalue weighted by Gasteiger charge is 2.15. The number of aromatic nitrogens is 2. The number of hydrogen-bond donors (Lipinski definition) is 0.